The molecule has 3 N–H and O–H groups in total. The summed E-state index contributed by atoms with van der Waals surface area (Å²) in [6, 6.07) is 11.9. The van der Waals surface area contributed by atoms with Gasteiger partial charge in [-0.3, -0.25) is 0 Å². The van der Waals surface area contributed by atoms with Gasteiger partial charge < -0.3 is 43.7 Å². The quantitative estimate of drug-likeness (QED) is 0.102. The molecule has 0 amide bonds. The lowest BCUT2D eigenvalue weighted by molar-refractivity contribution is 0.125. The van der Waals surface area contributed by atoms with Gasteiger partial charge in [-0.25, -0.2) is 0 Å². The zero-order chi connectivity index (χ0) is 36.2. The van der Waals surface area contributed by atoms with Crippen LogP contribution in [0.5, 0.6) is 23.0 Å². The standard InChI is InChI=1S/C40H58O9/c1-10-44-22-27-17-33(18-28(36(27)41)23-45-11-2)40(9,34-19-29(24-46-12-3)37(42)30(20-34)25-47-13-4)39(7,8)32-16-31(26-48-14-5)38(43)35(21-32)49-15-6/h16-21,41-43H,10-15,22-26H2,1-9H3. The van der Waals surface area contributed by atoms with E-state index in [-0.39, 0.29) is 50.3 Å². The Morgan fingerprint density at radius 1 is 0.429 bits per heavy atom. The highest BCUT2D eigenvalue weighted by Crippen LogP contribution is 2.52. The number of phenols is 3. The van der Waals surface area contributed by atoms with E-state index in [9.17, 15) is 15.3 Å². The molecule has 3 rings (SSSR count). The second-order valence-electron chi connectivity index (χ2n) is 12.6. The monoisotopic (exact) mass is 682 g/mol. The van der Waals surface area contributed by atoms with E-state index in [1.54, 1.807) is 0 Å². The number of rotatable bonds is 21. The molecule has 0 saturated heterocycles. The molecule has 0 saturated carbocycles. The number of hydrogen-bond donors (Lipinski definition) is 3. The fourth-order valence-corrected chi connectivity index (χ4v) is 6.18. The number of phenolic OH excluding ortho intramolecular Hbond substituents is 3. The van der Waals surface area contributed by atoms with Crippen molar-refractivity contribution in [3.8, 4) is 23.0 Å². The second-order valence-corrected chi connectivity index (χ2v) is 12.6. The van der Waals surface area contributed by atoms with Crippen LogP contribution in [0.2, 0.25) is 0 Å². The Morgan fingerprint density at radius 3 is 1.04 bits per heavy atom. The molecule has 9 heteroatoms. The third-order valence-corrected chi connectivity index (χ3v) is 9.42. The Bertz CT molecular complexity index is 1370. The molecular weight excluding hydrogens is 624 g/mol. The lowest BCUT2D eigenvalue weighted by atomic mass is 9.56. The van der Waals surface area contributed by atoms with Gasteiger partial charge >= 0.3 is 0 Å². The zero-order valence-electron chi connectivity index (χ0n) is 31.0. The molecule has 0 heterocycles. The van der Waals surface area contributed by atoms with Gasteiger partial charge in [-0.2, -0.15) is 0 Å². The van der Waals surface area contributed by atoms with Crippen molar-refractivity contribution >= 4 is 0 Å². The van der Waals surface area contributed by atoms with Crippen molar-refractivity contribution in [3.05, 3.63) is 80.9 Å². The zero-order valence-corrected chi connectivity index (χ0v) is 31.0. The topological polar surface area (TPSA) is 116 Å². The van der Waals surface area contributed by atoms with Crippen molar-refractivity contribution in [2.45, 2.75) is 106 Å². The van der Waals surface area contributed by atoms with E-state index in [1.807, 2.05) is 77.9 Å². The second kappa shape index (κ2) is 18.6. The Hall–Kier alpha value is -3.34. The molecule has 0 unspecified atom stereocenters. The summed E-state index contributed by atoms with van der Waals surface area (Å²) < 4.78 is 35.1. The van der Waals surface area contributed by atoms with Crippen molar-refractivity contribution in [1.82, 2.24) is 0 Å². The predicted molar refractivity (Wildman–Crippen MR) is 192 cm³/mol. The summed E-state index contributed by atoms with van der Waals surface area (Å²) in [6.45, 7) is 21.9. The maximum atomic E-state index is 11.4. The minimum Gasteiger partial charge on any atom is -0.507 e. The predicted octanol–water partition coefficient (Wildman–Crippen LogP) is 8.17. The van der Waals surface area contributed by atoms with Crippen LogP contribution in [0.1, 0.15) is 107 Å². The van der Waals surface area contributed by atoms with Gasteiger partial charge in [0.2, 0.25) is 0 Å². The smallest absolute Gasteiger partial charge is 0.163 e. The van der Waals surface area contributed by atoms with E-state index < -0.39 is 10.8 Å². The first-order chi connectivity index (χ1) is 23.4. The highest BCUT2D eigenvalue weighted by atomic mass is 16.5. The van der Waals surface area contributed by atoms with Crippen molar-refractivity contribution in [3.63, 3.8) is 0 Å². The van der Waals surface area contributed by atoms with E-state index in [4.69, 9.17) is 28.4 Å². The summed E-state index contributed by atoms with van der Waals surface area (Å²) >= 11 is 0. The highest BCUT2D eigenvalue weighted by Gasteiger charge is 2.47. The summed E-state index contributed by atoms with van der Waals surface area (Å²) in [4.78, 5) is 0. The van der Waals surface area contributed by atoms with Crippen LogP contribution in [0, 0.1) is 0 Å². The van der Waals surface area contributed by atoms with Crippen molar-refractivity contribution in [1.29, 1.82) is 0 Å². The molecule has 49 heavy (non-hydrogen) atoms. The molecule has 0 atom stereocenters. The molecule has 0 radical (unpaired) electrons. The van der Waals surface area contributed by atoms with Gasteiger partial charge in [-0.15, -0.1) is 0 Å². The van der Waals surface area contributed by atoms with Crippen molar-refractivity contribution in [2.75, 3.05) is 39.6 Å². The minimum absolute atomic E-state index is 0.0572. The maximum Gasteiger partial charge on any atom is 0.163 e. The van der Waals surface area contributed by atoms with Crippen LogP contribution in [0.15, 0.2) is 36.4 Å². The average molecular weight is 683 g/mol. The summed E-state index contributed by atoms with van der Waals surface area (Å²) in [5.74, 6) is 0.729. The van der Waals surface area contributed by atoms with Crippen molar-refractivity contribution in [2.24, 2.45) is 0 Å². The highest BCUT2D eigenvalue weighted by molar-refractivity contribution is 5.58. The third kappa shape index (κ3) is 9.07. The summed E-state index contributed by atoms with van der Waals surface area (Å²) in [7, 11) is 0. The fourth-order valence-electron chi connectivity index (χ4n) is 6.18. The van der Waals surface area contributed by atoms with Gasteiger partial charge in [-0.1, -0.05) is 20.8 Å². The van der Waals surface area contributed by atoms with Crippen LogP contribution in [-0.4, -0.2) is 55.0 Å². The van der Waals surface area contributed by atoms with E-state index in [1.165, 1.54) is 0 Å². The normalized spacial score (nSPS) is 12.1. The van der Waals surface area contributed by atoms with Gasteiger partial charge in [-0.05, 0) is 94.6 Å². The van der Waals surface area contributed by atoms with E-state index in [0.717, 1.165) is 16.7 Å². The third-order valence-electron chi connectivity index (χ3n) is 9.42. The largest absolute Gasteiger partial charge is 0.507 e. The molecule has 3 aromatic carbocycles. The van der Waals surface area contributed by atoms with Gasteiger partial charge in [0.1, 0.15) is 11.5 Å². The number of benzene rings is 3. The number of ether oxygens (including phenoxy) is 6. The maximum absolute atomic E-state index is 11.4. The Labute approximate surface area is 293 Å². The first-order valence-corrected chi connectivity index (χ1v) is 17.5. The first-order valence-electron chi connectivity index (χ1n) is 17.5. The SMILES string of the molecule is CCOCc1cc(C(C)(c2cc(COCC)c(O)c(COCC)c2)C(C)(C)c2cc(COCC)c(O)c(OCC)c2)cc(COCC)c1O. The molecule has 0 aliphatic carbocycles. The lowest BCUT2D eigenvalue weighted by Gasteiger charge is -2.47. The molecule has 0 aliphatic heterocycles. The molecule has 9 nitrogen and oxygen atoms in total. The Balaban J connectivity index is 2.50. The molecular formula is C40H58O9. The minimum atomic E-state index is -0.832. The van der Waals surface area contributed by atoms with Crippen LogP contribution in [-0.2, 0) is 67.5 Å². The molecule has 3 aromatic rings. The summed E-state index contributed by atoms with van der Waals surface area (Å²) in [5, 5.41) is 34.0. The molecule has 0 aromatic heterocycles. The molecule has 0 spiro atoms. The van der Waals surface area contributed by atoms with Crippen molar-refractivity contribution < 1.29 is 43.7 Å². The van der Waals surface area contributed by atoms with Gasteiger partial charge in [0.25, 0.3) is 0 Å². The molecule has 0 fully saturated rings. The number of hydrogen-bond acceptors (Lipinski definition) is 9. The molecule has 272 valence electrons. The van der Waals surface area contributed by atoms with Crippen LogP contribution in [0.3, 0.4) is 0 Å². The molecule has 0 bridgehead atoms. The summed E-state index contributed by atoms with van der Waals surface area (Å²) in [5.41, 5.74) is 4.41. The van der Waals surface area contributed by atoms with E-state index >= 15 is 0 Å². The van der Waals surface area contributed by atoms with E-state index in [0.29, 0.717) is 73.2 Å². The van der Waals surface area contributed by atoms with Crippen LogP contribution < -0.4 is 4.74 Å². The van der Waals surface area contributed by atoms with Gasteiger partial charge in [0, 0.05) is 71.7 Å². The summed E-state index contributed by atoms with van der Waals surface area (Å²) in [6.07, 6.45) is 0. The first kappa shape index (κ1) is 40.1. The van der Waals surface area contributed by atoms with Gasteiger partial charge in [0.05, 0.1) is 39.6 Å². The fraction of sp³-hybridized carbons (Fsp3) is 0.550. The molecule has 0 aliphatic rings. The Kier molecular flexibility index (Phi) is 15.2. The lowest BCUT2D eigenvalue weighted by Crippen LogP contribution is -2.44. The number of aromatic hydroxyl groups is 3. The average Bonchev–Trinajstić information content (AvgIpc) is 3.09. The van der Waals surface area contributed by atoms with Crippen LogP contribution >= 0.6 is 0 Å². The van der Waals surface area contributed by atoms with Gasteiger partial charge in [0.15, 0.2) is 11.5 Å². The van der Waals surface area contributed by atoms with Crippen LogP contribution in [0.4, 0.5) is 0 Å². The van der Waals surface area contributed by atoms with Crippen LogP contribution in [0.25, 0.3) is 0 Å². The van der Waals surface area contributed by atoms with E-state index in [2.05, 4.69) is 20.8 Å². The Morgan fingerprint density at radius 2 is 0.735 bits per heavy atom.